The number of aryl methyl sites for hydroxylation is 1. The monoisotopic (exact) mass is 557 g/mol. The van der Waals surface area contributed by atoms with E-state index in [1.807, 2.05) is 31.2 Å². The summed E-state index contributed by atoms with van der Waals surface area (Å²) in [7, 11) is -3.83. The minimum Gasteiger partial charge on any atom is -0.486 e. The molecule has 1 N–H and O–H groups in total. The number of carbonyl (C=O) groups is 2. The first-order chi connectivity index (χ1) is 18.7. The van der Waals surface area contributed by atoms with Gasteiger partial charge in [0.1, 0.15) is 25.8 Å². The lowest BCUT2D eigenvalue weighted by atomic mass is 9.95. The van der Waals surface area contributed by atoms with Gasteiger partial charge in [-0.15, -0.1) is 0 Å². The summed E-state index contributed by atoms with van der Waals surface area (Å²) >= 11 is 0. The summed E-state index contributed by atoms with van der Waals surface area (Å²) in [5, 5.41) is 3.12. The Kier molecular flexibility index (Phi) is 9.37. The minimum atomic E-state index is -3.83. The highest BCUT2D eigenvalue weighted by atomic mass is 32.2. The van der Waals surface area contributed by atoms with Gasteiger partial charge in [0.05, 0.1) is 11.4 Å². The number of nitrogens with one attached hydrogen (secondary N) is 1. The number of rotatable bonds is 10. The third-order valence-electron chi connectivity index (χ3n) is 7.35. The zero-order chi connectivity index (χ0) is 28.0. The van der Waals surface area contributed by atoms with E-state index in [4.69, 9.17) is 9.47 Å². The van der Waals surface area contributed by atoms with Crippen molar-refractivity contribution in [3.05, 3.63) is 53.6 Å². The second-order valence-electron chi connectivity index (χ2n) is 10.3. The number of hydrogen-bond donors (Lipinski definition) is 1. The van der Waals surface area contributed by atoms with Gasteiger partial charge in [0.15, 0.2) is 11.5 Å². The van der Waals surface area contributed by atoms with E-state index in [9.17, 15) is 18.0 Å². The second kappa shape index (κ2) is 12.7. The van der Waals surface area contributed by atoms with Gasteiger partial charge in [-0.1, -0.05) is 49.1 Å². The molecule has 0 unspecified atom stereocenters. The Morgan fingerprint density at radius 1 is 1.03 bits per heavy atom. The fourth-order valence-electron chi connectivity index (χ4n) is 5.07. The maximum Gasteiger partial charge on any atom is 0.244 e. The number of ether oxygens (including phenoxy) is 2. The number of nitrogens with zero attached hydrogens (tertiary/aromatic N) is 2. The molecule has 4 rings (SSSR count). The van der Waals surface area contributed by atoms with Gasteiger partial charge >= 0.3 is 0 Å². The molecule has 2 aliphatic rings. The topological polar surface area (TPSA) is 105 Å². The van der Waals surface area contributed by atoms with Crippen molar-refractivity contribution >= 4 is 27.5 Å². The summed E-state index contributed by atoms with van der Waals surface area (Å²) < 4.78 is 38.7. The van der Waals surface area contributed by atoms with Crippen LogP contribution < -0.4 is 19.1 Å². The fraction of sp³-hybridized carbons (Fsp3) is 0.517. The Labute approximate surface area is 231 Å². The van der Waals surface area contributed by atoms with Crippen LogP contribution in [-0.2, 0) is 26.2 Å². The molecule has 212 valence electrons. The zero-order valence-electron chi connectivity index (χ0n) is 23.0. The van der Waals surface area contributed by atoms with Crippen LogP contribution in [0.1, 0.15) is 57.1 Å². The molecular weight excluding hydrogens is 518 g/mol. The molecule has 2 aromatic carbocycles. The van der Waals surface area contributed by atoms with Crippen molar-refractivity contribution < 1.29 is 27.5 Å². The van der Waals surface area contributed by atoms with Crippen LogP contribution in [0, 0.1) is 6.92 Å². The van der Waals surface area contributed by atoms with Gasteiger partial charge in [-0.3, -0.25) is 13.9 Å². The quantitative estimate of drug-likeness (QED) is 0.477. The normalized spacial score (nSPS) is 16.3. The van der Waals surface area contributed by atoms with Crippen molar-refractivity contribution in [2.45, 2.75) is 71.5 Å². The predicted molar refractivity (Wildman–Crippen MR) is 150 cm³/mol. The highest BCUT2D eigenvalue weighted by molar-refractivity contribution is 7.92. The molecule has 1 heterocycles. The van der Waals surface area contributed by atoms with E-state index in [2.05, 4.69) is 5.32 Å². The molecule has 2 aromatic rings. The highest BCUT2D eigenvalue weighted by Crippen LogP contribution is 2.35. The third kappa shape index (κ3) is 7.23. The van der Waals surface area contributed by atoms with Gasteiger partial charge in [-0.2, -0.15) is 0 Å². The summed E-state index contributed by atoms with van der Waals surface area (Å²) in [5.41, 5.74) is 2.21. The van der Waals surface area contributed by atoms with Crippen molar-refractivity contribution in [3.63, 3.8) is 0 Å². The van der Waals surface area contributed by atoms with Crippen LogP contribution in [0.25, 0.3) is 0 Å². The van der Waals surface area contributed by atoms with Crippen molar-refractivity contribution in [3.8, 4) is 11.5 Å². The summed E-state index contributed by atoms with van der Waals surface area (Å²) in [5.74, 6) is 0.0741. The second-order valence-corrected chi connectivity index (χ2v) is 12.4. The predicted octanol–water partition coefficient (Wildman–Crippen LogP) is 3.79. The Morgan fingerprint density at radius 3 is 2.44 bits per heavy atom. The molecule has 9 nitrogen and oxygen atoms in total. The standard InChI is InChI=1S/C29H39N3O6S/c1-4-39(35,36)32(25-13-14-26-27(18-25)38-16-15-37-26)20-28(33)31(19-23-10-8-9-21(2)17-23)22(3)29(34)30-24-11-6-5-7-12-24/h8-10,13-14,17-18,22,24H,4-7,11-12,15-16,19-20H2,1-3H3,(H,30,34)/t22-/m0/s1. The van der Waals surface area contributed by atoms with Gasteiger partial charge in [-0.25, -0.2) is 8.42 Å². The number of amides is 2. The number of carbonyl (C=O) groups excluding carboxylic acids is 2. The van der Waals surface area contributed by atoms with Crippen LogP contribution in [0.5, 0.6) is 11.5 Å². The van der Waals surface area contributed by atoms with Crippen molar-refractivity contribution in [2.75, 3.05) is 29.8 Å². The van der Waals surface area contributed by atoms with Gasteiger partial charge in [0, 0.05) is 18.7 Å². The lowest BCUT2D eigenvalue weighted by Crippen LogP contribution is -2.53. The summed E-state index contributed by atoms with van der Waals surface area (Å²) in [6.07, 6.45) is 5.17. The first-order valence-electron chi connectivity index (χ1n) is 13.7. The highest BCUT2D eigenvalue weighted by Gasteiger charge is 2.32. The van der Waals surface area contributed by atoms with Crippen LogP contribution in [0.3, 0.4) is 0 Å². The van der Waals surface area contributed by atoms with E-state index in [1.54, 1.807) is 25.1 Å². The molecule has 1 fully saturated rings. The van der Waals surface area contributed by atoms with Crippen molar-refractivity contribution in [1.82, 2.24) is 10.2 Å². The molecule has 39 heavy (non-hydrogen) atoms. The maximum absolute atomic E-state index is 13.9. The molecule has 2 amide bonds. The SMILES string of the molecule is CCS(=O)(=O)N(CC(=O)N(Cc1cccc(C)c1)[C@@H](C)C(=O)NC1CCCCC1)c1ccc2c(c1)OCCO2. The van der Waals surface area contributed by atoms with Crippen LogP contribution >= 0.6 is 0 Å². The van der Waals surface area contributed by atoms with E-state index in [-0.39, 0.29) is 24.2 Å². The first-order valence-corrected chi connectivity index (χ1v) is 15.3. The largest absolute Gasteiger partial charge is 0.486 e. The zero-order valence-corrected chi connectivity index (χ0v) is 23.8. The Balaban J connectivity index is 1.61. The number of hydrogen-bond acceptors (Lipinski definition) is 6. The Hall–Kier alpha value is -3.27. The number of sulfonamides is 1. The molecule has 1 aliphatic heterocycles. The van der Waals surface area contributed by atoms with Crippen LogP contribution in [-0.4, -0.2) is 62.7 Å². The van der Waals surface area contributed by atoms with Crippen LogP contribution in [0.4, 0.5) is 5.69 Å². The van der Waals surface area contributed by atoms with Crippen LogP contribution in [0.15, 0.2) is 42.5 Å². The number of anilines is 1. The van der Waals surface area contributed by atoms with E-state index in [0.29, 0.717) is 30.4 Å². The minimum absolute atomic E-state index is 0.0966. The Morgan fingerprint density at radius 2 is 1.74 bits per heavy atom. The average molecular weight is 558 g/mol. The van der Waals surface area contributed by atoms with E-state index in [0.717, 1.165) is 41.1 Å². The van der Waals surface area contributed by atoms with Crippen LogP contribution in [0.2, 0.25) is 0 Å². The van der Waals surface area contributed by atoms with Gasteiger partial charge in [0.2, 0.25) is 21.8 Å². The smallest absolute Gasteiger partial charge is 0.244 e. The molecule has 0 bridgehead atoms. The fourth-order valence-corrected chi connectivity index (χ4v) is 6.12. The molecule has 0 aromatic heterocycles. The average Bonchev–Trinajstić information content (AvgIpc) is 2.94. The molecule has 10 heteroatoms. The van der Waals surface area contributed by atoms with E-state index in [1.165, 1.54) is 18.2 Å². The molecule has 0 spiro atoms. The summed E-state index contributed by atoms with van der Waals surface area (Å²) in [6.45, 7) is 5.71. The molecule has 0 saturated heterocycles. The first kappa shape index (κ1) is 28.7. The summed E-state index contributed by atoms with van der Waals surface area (Å²) in [4.78, 5) is 28.7. The third-order valence-corrected chi connectivity index (χ3v) is 9.09. The van der Waals surface area contributed by atoms with Crippen molar-refractivity contribution in [1.29, 1.82) is 0 Å². The van der Waals surface area contributed by atoms with E-state index >= 15 is 0 Å². The number of fused-ring (bicyclic) bond motifs is 1. The van der Waals surface area contributed by atoms with Gasteiger partial charge in [-0.05, 0) is 51.3 Å². The molecule has 0 radical (unpaired) electrons. The lowest BCUT2D eigenvalue weighted by Gasteiger charge is -2.33. The Bertz CT molecular complexity index is 1280. The maximum atomic E-state index is 13.9. The number of benzene rings is 2. The molecule has 1 aliphatic carbocycles. The molecular formula is C29H39N3O6S. The summed E-state index contributed by atoms with van der Waals surface area (Å²) in [6, 6.07) is 11.9. The lowest BCUT2D eigenvalue weighted by molar-refractivity contribution is -0.139. The van der Waals surface area contributed by atoms with Gasteiger partial charge < -0.3 is 19.7 Å². The van der Waals surface area contributed by atoms with E-state index < -0.39 is 28.5 Å². The molecule has 1 saturated carbocycles. The van der Waals surface area contributed by atoms with Gasteiger partial charge in [0.25, 0.3) is 0 Å². The van der Waals surface area contributed by atoms with Crippen molar-refractivity contribution in [2.24, 2.45) is 0 Å². The molecule has 1 atom stereocenters.